The second-order valence-corrected chi connectivity index (χ2v) is 5.97. The second kappa shape index (κ2) is 4.64. The smallest absolute Gasteiger partial charge is 0.246 e. The lowest BCUT2D eigenvalue weighted by Crippen LogP contribution is -2.32. The number of methoxy groups -OCH3 is 1. The number of para-hydroxylation sites is 1. The summed E-state index contributed by atoms with van der Waals surface area (Å²) in [5.41, 5.74) is 5.73. The molecule has 0 saturated carbocycles. The molecular weight excluding hydrogens is 240 g/mol. The third-order valence-corrected chi connectivity index (χ3v) is 4.78. The average Bonchev–Trinajstić information content (AvgIpc) is 2.76. The van der Waals surface area contributed by atoms with E-state index in [1.54, 1.807) is 24.3 Å². The Morgan fingerprint density at radius 1 is 1.41 bits per heavy atom. The van der Waals surface area contributed by atoms with E-state index in [1.807, 2.05) is 0 Å². The van der Waals surface area contributed by atoms with Gasteiger partial charge in [0.2, 0.25) is 10.0 Å². The first-order chi connectivity index (χ1) is 8.05. The zero-order valence-corrected chi connectivity index (χ0v) is 10.5. The van der Waals surface area contributed by atoms with Crippen LogP contribution in [0, 0.1) is 0 Å². The molecule has 0 radical (unpaired) electrons. The molecule has 1 fully saturated rings. The highest BCUT2D eigenvalue weighted by atomic mass is 32.2. The highest BCUT2D eigenvalue weighted by Gasteiger charge is 2.32. The predicted molar refractivity (Wildman–Crippen MR) is 64.3 cm³/mol. The lowest BCUT2D eigenvalue weighted by Gasteiger charge is -2.17. The Kier molecular flexibility index (Phi) is 3.37. The summed E-state index contributed by atoms with van der Waals surface area (Å²) in [6.45, 7) is 0.849. The van der Waals surface area contributed by atoms with Gasteiger partial charge in [0.1, 0.15) is 10.6 Å². The lowest BCUT2D eigenvalue weighted by molar-refractivity contribution is 0.398. The van der Waals surface area contributed by atoms with Crippen LogP contribution in [-0.4, -0.2) is 39.0 Å². The first kappa shape index (κ1) is 12.3. The van der Waals surface area contributed by atoms with Crippen molar-refractivity contribution in [2.24, 2.45) is 5.73 Å². The van der Waals surface area contributed by atoms with Gasteiger partial charge in [-0.1, -0.05) is 12.1 Å². The third kappa shape index (κ3) is 2.29. The molecule has 2 N–H and O–H groups in total. The minimum absolute atomic E-state index is 0.0699. The number of sulfonamides is 1. The van der Waals surface area contributed by atoms with Crippen LogP contribution in [0.1, 0.15) is 6.42 Å². The number of ether oxygens (including phenoxy) is 1. The fourth-order valence-electron chi connectivity index (χ4n) is 1.94. The molecule has 94 valence electrons. The number of nitrogens with zero attached hydrogens (tertiary/aromatic N) is 1. The molecule has 1 aliphatic heterocycles. The Morgan fingerprint density at radius 2 is 2.12 bits per heavy atom. The molecular formula is C11H16N2O3S. The van der Waals surface area contributed by atoms with Gasteiger partial charge in [-0.05, 0) is 18.6 Å². The van der Waals surface area contributed by atoms with E-state index in [0.717, 1.165) is 0 Å². The highest BCUT2D eigenvalue weighted by molar-refractivity contribution is 7.89. The van der Waals surface area contributed by atoms with E-state index >= 15 is 0 Å². The summed E-state index contributed by atoms with van der Waals surface area (Å²) >= 11 is 0. The maximum Gasteiger partial charge on any atom is 0.246 e. The molecule has 1 aromatic rings. The summed E-state index contributed by atoms with van der Waals surface area (Å²) in [5, 5.41) is 0. The van der Waals surface area contributed by atoms with E-state index in [0.29, 0.717) is 25.3 Å². The highest BCUT2D eigenvalue weighted by Crippen LogP contribution is 2.27. The van der Waals surface area contributed by atoms with Gasteiger partial charge < -0.3 is 10.5 Å². The van der Waals surface area contributed by atoms with E-state index in [1.165, 1.54) is 11.4 Å². The monoisotopic (exact) mass is 256 g/mol. The van der Waals surface area contributed by atoms with Crippen molar-refractivity contribution >= 4 is 10.0 Å². The van der Waals surface area contributed by atoms with Crippen molar-refractivity contribution < 1.29 is 13.2 Å². The molecule has 0 aliphatic carbocycles. The Bertz CT molecular complexity index is 501. The summed E-state index contributed by atoms with van der Waals surface area (Å²) in [6, 6.07) is 6.55. The summed E-state index contributed by atoms with van der Waals surface area (Å²) < 4.78 is 31.2. The van der Waals surface area contributed by atoms with Crippen LogP contribution in [-0.2, 0) is 10.0 Å². The van der Waals surface area contributed by atoms with E-state index < -0.39 is 10.0 Å². The number of rotatable bonds is 3. The fraction of sp³-hybridized carbons (Fsp3) is 0.455. The van der Waals surface area contributed by atoms with Gasteiger partial charge in [0.15, 0.2) is 0 Å². The first-order valence-corrected chi connectivity index (χ1v) is 6.88. The fourth-order valence-corrected chi connectivity index (χ4v) is 3.61. The van der Waals surface area contributed by atoms with Crippen LogP contribution in [0.3, 0.4) is 0 Å². The molecule has 1 heterocycles. The minimum Gasteiger partial charge on any atom is -0.495 e. The normalized spacial score (nSPS) is 21.6. The average molecular weight is 256 g/mol. The van der Waals surface area contributed by atoms with Crippen LogP contribution in [0.25, 0.3) is 0 Å². The number of hydrogen-bond acceptors (Lipinski definition) is 4. The summed E-state index contributed by atoms with van der Waals surface area (Å²) in [7, 11) is -2.02. The molecule has 0 unspecified atom stereocenters. The second-order valence-electron chi connectivity index (χ2n) is 4.06. The van der Waals surface area contributed by atoms with Crippen molar-refractivity contribution in [1.82, 2.24) is 4.31 Å². The predicted octanol–water partition coefficient (Wildman–Crippen LogP) is 0.417. The number of nitrogens with two attached hydrogens (primary N) is 1. The van der Waals surface area contributed by atoms with E-state index in [4.69, 9.17) is 10.5 Å². The van der Waals surface area contributed by atoms with E-state index in [-0.39, 0.29) is 10.9 Å². The Labute approximate surface area is 101 Å². The SMILES string of the molecule is COc1ccccc1S(=O)(=O)N1CC[C@@H](N)C1. The minimum atomic E-state index is -3.49. The van der Waals surface area contributed by atoms with Crippen LogP contribution >= 0.6 is 0 Å². The van der Waals surface area contributed by atoms with Gasteiger partial charge >= 0.3 is 0 Å². The first-order valence-electron chi connectivity index (χ1n) is 5.44. The molecule has 0 aromatic heterocycles. The van der Waals surface area contributed by atoms with Crippen molar-refractivity contribution in [3.63, 3.8) is 0 Å². The quantitative estimate of drug-likeness (QED) is 0.850. The van der Waals surface area contributed by atoms with Crippen LogP contribution in [0.15, 0.2) is 29.2 Å². The molecule has 1 saturated heterocycles. The maximum absolute atomic E-state index is 12.4. The molecule has 2 rings (SSSR count). The largest absolute Gasteiger partial charge is 0.495 e. The van der Waals surface area contributed by atoms with Gasteiger partial charge in [-0.25, -0.2) is 8.42 Å². The molecule has 1 aliphatic rings. The molecule has 1 atom stereocenters. The van der Waals surface area contributed by atoms with Crippen LogP contribution in [0.5, 0.6) is 5.75 Å². The van der Waals surface area contributed by atoms with Gasteiger partial charge in [-0.3, -0.25) is 0 Å². The van der Waals surface area contributed by atoms with E-state index in [2.05, 4.69) is 0 Å². The maximum atomic E-state index is 12.4. The molecule has 0 spiro atoms. The number of benzene rings is 1. The topological polar surface area (TPSA) is 72.6 Å². The summed E-state index contributed by atoms with van der Waals surface area (Å²) in [5.74, 6) is 0.368. The lowest BCUT2D eigenvalue weighted by atomic mass is 10.3. The van der Waals surface area contributed by atoms with Gasteiger partial charge in [0, 0.05) is 19.1 Å². The van der Waals surface area contributed by atoms with Crippen LogP contribution < -0.4 is 10.5 Å². The molecule has 1 aromatic carbocycles. The molecule has 5 nitrogen and oxygen atoms in total. The third-order valence-electron chi connectivity index (χ3n) is 2.87. The summed E-state index contributed by atoms with van der Waals surface area (Å²) in [6.07, 6.45) is 0.703. The Balaban J connectivity index is 2.38. The van der Waals surface area contributed by atoms with Crippen molar-refractivity contribution in [1.29, 1.82) is 0 Å². The molecule has 0 amide bonds. The zero-order valence-electron chi connectivity index (χ0n) is 9.67. The van der Waals surface area contributed by atoms with Gasteiger partial charge in [-0.2, -0.15) is 4.31 Å². The van der Waals surface area contributed by atoms with Crippen molar-refractivity contribution in [2.75, 3.05) is 20.2 Å². The Morgan fingerprint density at radius 3 is 2.71 bits per heavy atom. The van der Waals surface area contributed by atoms with Gasteiger partial charge in [0.25, 0.3) is 0 Å². The van der Waals surface area contributed by atoms with Gasteiger partial charge in [0.05, 0.1) is 7.11 Å². The number of hydrogen-bond donors (Lipinski definition) is 1. The van der Waals surface area contributed by atoms with Crippen molar-refractivity contribution in [3.05, 3.63) is 24.3 Å². The van der Waals surface area contributed by atoms with Crippen molar-refractivity contribution in [3.8, 4) is 5.75 Å². The van der Waals surface area contributed by atoms with Gasteiger partial charge in [-0.15, -0.1) is 0 Å². The van der Waals surface area contributed by atoms with Crippen LogP contribution in [0.4, 0.5) is 0 Å². The van der Waals surface area contributed by atoms with Crippen molar-refractivity contribution in [2.45, 2.75) is 17.4 Å². The van der Waals surface area contributed by atoms with Crippen LogP contribution in [0.2, 0.25) is 0 Å². The standard InChI is InChI=1S/C11H16N2O3S/c1-16-10-4-2-3-5-11(10)17(14,15)13-7-6-9(12)8-13/h2-5,9H,6-8,12H2,1H3/t9-/m1/s1. The Hall–Kier alpha value is -1.11. The molecule has 6 heteroatoms. The summed E-state index contributed by atoms with van der Waals surface area (Å²) in [4.78, 5) is 0.205. The van der Waals surface area contributed by atoms with E-state index in [9.17, 15) is 8.42 Å². The molecule has 0 bridgehead atoms. The zero-order chi connectivity index (χ0) is 12.5. The molecule has 17 heavy (non-hydrogen) atoms.